The third-order valence-corrected chi connectivity index (χ3v) is 5.62. The van der Waals surface area contributed by atoms with Crippen molar-refractivity contribution in [1.29, 1.82) is 0 Å². The SMILES string of the molecule is C=C1C(=O)[C@H]2[C@@H]3C[C@@H](C)C[C@H]4[C@@H]3C[C@@H]1CN42. The van der Waals surface area contributed by atoms with Crippen molar-refractivity contribution in [2.75, 3.05) is 6.54 Å². The zero-order valence-electron chi connectivity index (χ0n) is 9.86. The summed E-state index contributed by atoms with van der Waals surface area (Å²) < 4.78 is 0. The summed E-state index contributed by atoms with van der Waals surface area (Å²) in [4.78, 5) is 14.9. The van der Waals surface area contributed by atoms with Gasteiger partial charge in [0.05, 0.1) is 6.04 Å². The van der Waals surface area contributed by atoms with Gasteiger partial charge >= 0.3 is 0 Å². The number of hydrogen-bond acceptors (Lipinski definition) is 2. The molecule has 5 bridgehead atoms. The summed E-state index contributed by atoms with van der Waals surface area (Å²) in [6, 6.07) is 0.957. The molecule has 2 heteroatoms. The van der Waals surface area contributed by atoms with Crippen LogP contribution < -0.4 is 0 Å². The molecule has 4 rings (SSSR count). The topological polar surface area (TPSA) is 20.3 Å². The maximum Gasteiger partial charge on any atom is 0.175 e. The van der Waals surface area contributed by atoms with E-state index in [-0.39, 0.29) is 6.04 Å². The molecule has 1 unspecified atom stereocenters. The third kappa shape index (κ3) is 0.912. The van der Waals surface area contributed by atoms with Crippen molar-refractivity contribution in [1.82, 2.24) is 4.90 Å². The monoisotopic (exact) mass is 217 g/mol. The summed E-state index contributed by atoms with van der Waals surface area (Å²) in [7, 11) is 0. The normalized spacial score (nSPS) is 58.2. The molecule has 0 aromatic carbocycles. The van der Waals surface area contributed by atoms with Gasteiger partial charge < -0.3 is 0 Å². The molecule has 3 saturated heterocycles. The van der Waals surface area contributed by atoms with Crippen molar-refractivity contribution in [2.45, 2.75) is 38.3 Å². The Labute approximate surface area is 96.7 Å². The number of carbonyl (C=O) groups is 1. The van der Waals surface area contributed by atoms with Crippen molar-refractivity contribution < 1.29 is 4.79 Å². The van der Waals surface area contributed by atoms with Crippen LogP contribution in [0.15, 0.2) is 12.2 Å². The fraction of sp³-hybridized carbons (Fsp3) is 0.786. The summed E-state index contributed by atoms with van der Waals surface area (Å²) in [5.41, 5.74) is 0.946. The number of ketones is 1. The fourth-order valence-electron chi connectivity index (χ4n) is 5.03. The van der Waals surface area contributed by atoms with E-state index in [0.29, 0.717) is 17.6 Å². The quantitative estimate of drug-likeness (QED) is 0.577. The summed E-state index contributed by atoms with van der Waals surface area (Å²) >= 11 is 0. The number of nitrogens with zero attached hydrogens (tertiary/aromatic N) is 1. The number of piperidine rings is 2. The summed E-state index contributed by atoms with van der Waals surface area (Å²) in [5, 5.41) is 0. The molecule has 0 N–H and O–H groups in total. The van der Waals surface area contributed by atoms with Crippen LogP contribution >= 0.6 is 0 Å². The van der Waals surface area contributed by atoms with Gasteiger partial charge in [-0.25, -0.2) is 0 Å². The first-order chi connectivity index (χ1) is 7.66. The molecule has 0 radical (unpaired) electrons. The minimum absolute atomic E-state index is 0.228. The second-order valence-electron chi connectivity index (χ2n) is 6.44. The van der Waals surface area contributed by atoms with Crippen LogP contribution in [0.2, 0.25) is 0 Å². The highest BCUT2D eigenvalue weighted by molar-refractivity contribution is 6.01. The van der Waals surface area contributed by atoms with Crippen LogP contribution in [0, 0.1) is 23.7 Å². The van der Waals surface area contributed by atoms with Crippen LogP contribution in [0.1, 0.15) is 26.2 Å². The number of hydrogen-bond donors (Lipinski definition) is 0. The predicted octanol–water partition coefficient (Wildman–Crippen LogP) is 1.86. The number of Topliss-reactive ketones (excluding diaryl/α,β-unsaturated/α-hetero) is 1. The Bertz CT molecular complexity index is 388. The highest BCUT2D eigenvalue weighted by Crippen LogP contribution is 2.56. The Hall–Kier alpha value is -0.630. The van der Waals surface area contributed by atoms with Gasteiger partial charge in [0.25, 0.3) is 0 Å². The number of carbonyl (C=O) groups excluding carboxylic acids is 1. The minimum atomic E-state index is 0.228. The van der Waals surface area contributed by atoms with Crippen LogP contribution in [-0.4, -0.2) is 29.3 Å². The van der Waals surface area contributed by atoms with Crippen LogP contribution in [-0.2, 0) is 4.79 Å². The molecule has 1 saturated carbocycles. The lowest BCUT2D eigenvalue weighted by Crippen LogP contribution is -2.52. The molecule has 86 valence electrons. The van der Waals surface area contributed by atoms with E-state index < -0.39 is 0 Å². The zero-order valence-corrected chi connectivity index (χ0v) is 9.86. The molecule has 0 spiro atoms. The van der Waals surface area contributed by atoms with Crippen LogP contribution in [0.5, 0.6) is 0 Å². The van der Waals surface area contributed by atoms with Gasteiger partial charge in [-0.3, -0.25) is 9.69 Å². The third-order valence-electron chi connectivity index (χ3n) is 5.62. The summed E-state index contributed by atoms with van der Waals surface area (Å²) in [5.74, 6) is 3.16. The van der Waals surface area contributed by atoms with Crippen molar-refractivity contribution in [3.63, 3.8) is 0 Å². The second kappa shape index (κ2) is 2.79. The van der Waals surface area contributed by atoms with Crippen molar-refractivity contribution >= 4 is 5.78 Å². The Morgan fingerprint density at radius 2 is 2.06 bits per heavy atom. The lowest BCUT2D eigenvalue weighted by Gasteiger charge is -2.44. The lowest BCUT2D eigenvalue weighted by atomic mass is 9.70. The standard InChI is InChI=1S/C14H19NO/c1-7-3-11-10-5-9-6-15(12(10)4-7)13(11)14(16)8(9)2/h7,9-13H,2-6H2,1H3/t7-,9-,10-,11-,12+,13-/m1/s1. The van der Waals surface area contributed by atoms with Crippen LogP contribution in [0.4, 0.5) is 0 Å². The molecule has 1 aliphatic carbocycles. The number of rotatable bonds is 0. The first-order valence-electron chi connectivity index (χ1n) is 6.65. The molecule has 0 aromatic rings. The van der Waals surface area contributed by atoms with Gasteiger partial charge in [-0.05, 0) is 48.5 Å². The average Bonchev–Trinajstić information content (AvgIpc) is 2.44. The Balaban J connectivity index is 1.83. The Morgan fingerprint density at radius 1 is 1.25 bits per heavy atom. The van der Waals surface area contributed by atoms with Crippen LogP contribution in [0.25, 0.3) is 0 Å². The van der Waals surface area contributed by atoms with Gasteiger partial charge in [0.15, 0.2) is 5.78 Å². The summed E-state index contributed by atoms with van der Waals surface area (Å²) in [6.45, 7) is 7.53. The molecule has 4 fully saturated rings. The fourth-order valence-corrected chi connectivity index (χ4v) is 5.03. The van der Waals surface area contributed by atoms with Crippen molar-refractivity contribution in [3.05, 3.63) is 12.2 Å². The molecule has 2 nitrogen and oxygen atoms in total. The first kappa shape index (κ1) is 9.41. The van der Waals surface area contributed by atoms with E-state index in [4.69, 9.17) is 0 Å². The van der Waals surface area contributed by atoms with Crippen molar-refractivity contribution in [3.8, 4) is 0 Å². The highest BCUT2D eigenvalue weighted by Gasteiger charge is 2.61. The molecular formula is C14H19NO. The number of fused-ring (bicyclic) bond motifs is 2. The van der Waals surface area contributed by atoms with E-state index in [1.165, 1.54) is 19.3 Å². The molecule has 0 aromatic heterocycles. The smallest absolute Gasteiger partial charge is 0.175 e. The summed E-state index contributed by atoms with van der Waals surface area (Å²) in [6.07, 6.45) is 3.85. The van der Waals surface area contributed by atoms with Gasteiger partial charge in [-0.1, -0.05) is 13.5 Å². The molecule has 16 heavy (non-hydrogen) atoms. The highest BCUT2D eigenvalue weighted by atomic mass is 16.1. The van der Waals surface area contributed by atoms with Gasteiger partial charge in [0.1, 0.15) is 0 Å². The van der Waals surface area contributed by atoms with Gasteiger partial charge in [0.2, 0.25) is 0 Å². The molecule has 0 amide bonds. The maximum atomic E-state index is 12.4. The molecule has 3 heterocycles. The molecule has 4 aliphatic rings. The minimum Gasteiger partial charge on any atom is -0.293 e. The van der Waals surface area contributed by atoms with E-state index in [9.17, 15) is 4.79 Å². The Morgan fingerprint density at radius 3 is 2.88 bits per heavy atom. The maximum absolute atomic E-state index is 12.4. The average molecular weight is 217 g/mol. The molecule has 7 atom stereocenters. The van der Waals surface area contributed by atoms with E-state index in [1.54, 1.807) is 0 Å². The van der Waals surface area contributed by atoms with Crippen molar-refractivity contribution in [2.24, 2.45) is 23.7 Å². The van der Waals surface area contributed by atoms with E-state index in [2.05, 4.69) is 18.4 Å². The second-order valence-corrected chi connectivity index (χ2v) is 6.44. The molecular weight excluding hydrogens is 198 g/mol. The lowest BCUT2D eigenvalue weighted by molar-refractivity contribution is -0.123. The van der Waals surface area contributed by atoms with Gasteiger partial charge in [-0.15, -0.1) is 0 Å². The Kier molecular flexibility index (Phi) is 1.64. The van der Waals surface area contributed by atoms with Crippen LogP contribution in [0.3, 0.4) is 0 Å². The van der Waals surface area contributed by atoms with E-state index >= 15 is 0 Å². The molecule has 3 aliphatic heterocycles. The first-order valence-corrected chi connectivity index (χ1v) is 6.65. The van der Waals surface area contributed by atoms with E-state index in [0.717, 1.165) is 30.0 Å². The largest absolute Gasteiger partial charge is 0.293 e. The predicted molar refractivity (Wildman–Crippen MR) is 61.9 cm³/mol. The zero-order chi connectivity index (χ0) is 11.0. The van der Waals surface area contributed by atoms with Gasteiger partial charge in [-0.2, -0.15) is 0 Å². The van der Waals surface area contributed by atoms with E-state index in [1.807, 2.05) is 0 Å². The van der Waals surface area contributed by atoms with Gasteiger partial charge in [0, 0.05) is 12.6 Å².